The number of benzene rings is 1. The molecule has 4 heterocycles. The number of carbonyl (C=O) groups excluding carboxylic acids is 6. The maximum atomic E-state index is 12.6. The molecule has 1 aromatic carbocycles. The number of rotatable bonds is 2. The highest BCUT2D eigenvalue weighted by molar-refractivity contribution is 8.26. The Labute approximate surface area is 241 Å². The molecule has 4 aliphatic heterocycles. The van der Waals surface area contributed by atoms with Crippen molar-refractivity contribution in [2.24, 2.45) is 0 Å². The summed E-state index contributed by atoms with van der Waals surface area (Å²) >= 11 is 4.03. The number of esters is 2. The third-order valence-electron chi connectivity index (χ3n) is 5.20. The van der Waals surface area contributed by atoms with E-state index >= 15 is 0 Å². The van der Waals surface area contributed by atoms with Crippen molar-refractivity contribution < 1.29 is 38.2 Å². The number of hydrogen-bond donors (Lipinski definition) is 2. The van der Waals surface area contributed by atoms with Gasteiger partial charge in [0.05, 0.1) is 39.2 Å². The number of nitrogens with one attached hydrogen (secondary N) is 2. The van der Waals surface area contributed by atoms with Crippen LogP contribution in [0.25, 0.3) is 0 Å². The van der Waals surface area contributed by atoms with Crippen LogP contribution in [0.2, 0.25) is 0 Å². The highest BCUT2D eigenvalue weighted by Gasteiger charge is 2.41. The van der Waals surface area contributed by atoms with Crippen LogP contribution in [0.1, 0.15) is 13.8 Å². The third-order valence-corrected chi connectivity index (χ3v) is 10.5. The molecule has 0 atom stereocenters. The van der Waals surface area contributed by atoms with E-state index in [1.165, 1.54) is 13.8 Å². The lowest BCUT2D eigenvalue weighted by atomic mass is 10.1. The normalized spacial score (nSPS) is 17.7. The van der Waals surface area contributed by atoms with Gasteiger partial charge in [0, 0.05) is 13.8 Å². The molecule has 0 unspecified atom stereocenters. The molecule has 16 heteroatoms. The summed E-state index contributed by atoms with van der Waals surface area (Å²) in [5, 5.41) is 22.7. The van der Waals surface area contributed by atoms with Crippen LogP contribution in [0.5, 0.6) is 11.5 Å². The number of nitrogens with zero attached hydrogens (tertiary/aromatic N) is 2. The number of ether oxygens (including phenoxy) is 2. The second-order valence-electron chi connectivity index (χ2n) is 7.88. The van der Waals surface area contributed by atoms with Gasteiger partial charge in [-0.3, -0.25) is 39.4 Å². The van der Waals surface area contributed by atoms with Gasteiger partial charge in [0.2, 0.25) is 0 Å². The summed E-state index contributed by atoms with van der Waals surface area (Å²) in [6, 6.07) is 3.45. The Morgan fingerprint density at radius 2 is 0.975 bits per heavy atom. The Balaban J connectivity index is 1.71. The lowest BCUT2D eigenvalue weighted by Crippen LogP contribution is -2.36. The zero-order valence-electron chi connectivity index (χ0n) is 19.9. The Kier molecular flexibility index (Phi) is 7.11. The average molecular weight is 611 g/mol. The van der Waals surface area contributed by atoms with Crippen LogP contribution < -0.4 is 20.1 Å². The van der Waals surface area contributed by atoms with E-state index in [1.807, 2.05) is 0 Å². The maximum absolute atomic E-state index is 12.6. The topological polar surface area (TPSA) is 193 Å². The molecule has 4 amide bonds. The molecule has 5 rings (SSSR count). The number of fused-ring (bicyclic) bond motifs is 2. The number of nitriles is 2. The second-order valence-corrected chi connectivity index (χ2v) is 12.5. The summed E-state index contributed by atoms with van der Waals surface area (Å²) in [5.74, 6) is -4.36. The second kappa shape index (κ2) is 10.4. The van der Waals surface area contributed by atoms with E-state index in [0.717, 1.165) is 59.2 Å². The van der Waals surface area contributed by atoms with Crippen LogP contribution in [-0.2, 0) is 28.8 Å². The first-order chi connectivity index (χ1) is 19.0. The van der Waals surface area contributed by atoms with Crippen LogP contribution in [0.15, 0.2) is 62.5 Å². The van der Waals surface area contributed by atoms with Gasteiger partial charge in [-0.2, -0.15) is 10.5 Å². The number of imide groups is 2. The van der Waals surface area contributed by atoms with E-state index in [0.29, 0.717) is 28.1 Å². The molecule has 198 valence electrons. The van der Waals surface area contributed by atoms with E-state index in [-0.39, 0.29) is 33.8 Å². The van der Waals surface area contributed by atoms with Crippen molar-refractivity contribution in [2.45, 2.75) is 33.4 Å². The molecule has 0 aliphatic carbocycles. The zero-order chi connectivity index (χ0) is 28.9. The lowest BCUT2D eigenvalue weighted by molar-refractivity contribution is -0.133. The van der Waals surface area contributed by atoms with E-state index in [2.05, 4.69) is 10.6 Å². The van der Waals surface area contributed by atoms with Crippen LogP contribution in [0.4, 0.5) is 0 Å². The van der Waals surface area contributed by atoms with E-state index in [1.54, 1.807) is 12.1 Å². The van der Waals surface area contributed by atoms with Gasteiger partial charge < -0.3 is 9.47 Å². The summed E-state index contributed by atoms with van der Waals surface area (Å²) in [6.45, 7) is 2.36. The fourth-order valence-electron chi connectivity index (χ4n) is 3.59. The van der Waals surface area contributed by atoms with Crippen LogP contribution in [-0.4, -0.2) is 35.6 Å². The minimum atomic E-state index is -0.835. The quantitative estimate of drug-likeness (QED) is 0.215. The highest BCUT2D eigenvalue weighted by atomic mass is 32.2. The van der Waals surface area contributed by atoms with E-state index < -0.39 is 35.6 Å². The molecule has 0 radical (unpaired) electrons. The number of amides is 4. The molecule has 0 aromatic heterocycles. The first-order valence-electron chi connectivity index (χ1n) is 10.8. The summed E-state index contributed by atoms with van der Waals surface area (Å²) < 4.78 is 11.8. The minimum absolute atomic E-state index is 0.0193. The van der Waals surface area contributed by atoms with Crippen LogP contribution >= 0.6 is 47.0 Å². The smallest absolute Gasteiger partial charge is 0.308 e. The first-order valence-corrected chi connectivity index (χ1v) is 14.0. The lowest BCUT2D eigenvalue weighted by Gasteiger charge is -2.15. The Morgan fingerprint density at radius 3 is 1.25 bits per heavy atom. The fourth-order valence-corrected chi connectivity index (χ4v) is 9.03. The zero-order valence-corrected chi connectivity index (χ0v) is 23.2. The SMILES string of the molecule is CC(=O)Oc1c2c(c(OC(C)=O)c3c1SC(=C1C=C(C#N)C(=O)NC1=O)S3)SC(=C1C=C(C#N)C(=O)NC1=O)S2. The predicted octanol–water partition coefficient (Wildman–Crippen LogP) is 2.57. The van der Waals surface area contributed by atoms with Crippen molar-refractivity contribution in [1.82, 2.24) is 10.6 Å². The number of carbonyl (C=O) groups is 6. The molecule has 40 heavy (non-hydrogen) atoms. The fraction of sp³-hybridized carbons (Fsp3) is 0.0833. The maximum Gasteiger partial charge on any atom is 0.308 e. The molecule has 2 N–H and O–H groups in total. The minimum Gasteiger partial charge on any atom is -0.424 e. The molecular formula is C24H10N4O8S4. The number of thioether (sulfide) groups is 4. The molecule has 0 bridgehead atoms. The summed E-state index contributed by atoms with van der Waals surface area (Å²) in [5.41, 5.74) is -0.520. The van der Waals surface area contributed by atoms with Gasteiger partial charge >= 0.3 is 11.9 Å². The highest BCUT2D eigenvalue weighted by Crippen LogP contribution is 2.68. The third kappa shape index (κ3) is 4.71. The van der Waals surface area contributed by atoms with Crippen LogP contribution in [0, 0.1) is 22.7 Å². The van der Waals surface area contributed by atoms with Crippen molar-refractivity contribution in [3.63, 3.8) is 0 Å². The van der Waals surface area contributed by atoms with Crippen molar-refractivity contribution in [3.8, 4) is 23.6 Å². The standard InChI is InChI=1S/C24H10N4O8S4/c1-7(29)35-13-15-17(39-23(37-15)11-3-9(5-25)19(31)27-21(11)33)14(36-8(2)30)18-16(13)38-24(40-18)12-4-10(6-26)20(32)28-22(12)34/h3-4H,1-2H3,(H,27,31,33)(H,28,32,34). The predicted molar refractivity (Wildman–Crippen MR) is 140 cm³/mol. The van der Waals surface area contributed by atoms with Gasteiger partial charge in [-0.25, -0.2) is 0 Å². The molecule has 0 saturated heterocycles. The van der Waals surface area contributed by atoms with Gasteiger partial charge in [0.1, 0.15) is 23.3 Å². The van der Waals surface area contributed by atoms with Gasteiger partial charge in [-0.05, 0) is 12.2 Å². The Hall–Kier alpha value is -4.22. The molecule has 0 fully saturated rings. The van der Waals surface area contributed by atoms with Gasteiger partial charge in [0.25, 0.3) is 23.6 Å². The molecule has 12 nitrogen and oxygen atoms in total. The van der Waals surface area contributed by atoms with Gasteiger partial charge in [-0.15, -0.1) is 0 Å². The van der Waals surface area contributed by atoms with Crippen molar-refractivity contribution in [2.75, 3.05) is 0 Å². The molecule has 1 aromatic rings. The largest absolute Gasteiger partial charge is 0.424 e. The monoisotopic (exact) mass is 610 g/mol. The van der Waals surface area contributed by atoms with Gasteiger partial charge in [-0.1, -0.05) is 47.0 Å². The van der Waals surface area contributed by atoms with Crippen molar-refractivity contribution >= 4 is 82.6 Å². The molecule has 0 spiro atoms. The van der Waals surface area contributed by atoms with Crippen LogP contribution in [0.3, 0.4) is 0 Å². The number of hydrogen-bond acceptors (Lipinski definition) is 14. The average Bonchev–Trinajstić information content (AvgIpc) is 3.51. The molecular weight excluding hydrogens is 601 g/mol. The van der Waals surface area contributed by atoms with E-state index in [9.17, 15) is 39.3 Å². The van der Waals surface area contributed by atoms with Crippen molar-refractivity contribution in [3.05, 3.63) is 42.9 Å². The molecule has 4 aliphatic rings. The molecule has 0 saturated carbocycles. The Bertz CT molecular complexity index is 1590. The first kappa shape index (κ1) is 27.4. The summed E-state index contributed by atoms with van der Waals surface area (Å²) in [7, 11) is 0. The Morgan fingerprint density at radius 1 is 0.650 bits per heavy atom. The van der Waals surface area contributed by atoms with Gasteiger partial charge in [0.15, 0.2) is 11.5 Å². The summed E-state index contributed by atoms with van der Waals surface area (Å²) in [6.07, 6.45) is 2.31. The van der Waals surface area contributed by atoms with Crippen molar-refractivity contribution in [1.29, 1.82) is 10.5 Å². The van der Waals surface area contributed by atoms with E-state index in [4.69, 9.17) is 9.47 Å². The summed E-state index contributed by atoms with van der Waals surface area (Å²) in [4.78, 5) is 74.5.